The number of benzene rings is 3. The SMILES string of the molecule is CCOC(=O)c1c(C)n(-c2c(C)cccc2C)/c(=N/S(=O)(=O)c2ccc(C)cc2)sc1=Nc1ccc(OC)cc1. The van der Waals surface area contributed by atoms with E-state index in [2.05, 4.69) is 4.40 Å². The van der Waals surface area contributed by atoms with Crippen LogP contribution in [0, 0.1) is 27.7 Å². The Hall–Kier alpha value is -4.02. The van der Waals surface area contributed by atoms with Crippen LogP contribution in [-0.4, -0.2) is 32.7 Å². The highest BCUT2D eigenvalue weighted by molar-refractivity contribution is 7.90. The van der Waals surface area contributed by atoms with Crippen LogP contribution in [0.5, 0.6) is 5.75 Å². The Morgan fingerprint density at radius 3 is 2.12 bits per heavy atom. The first-order valence-corrected chi connectivity index (χ1v) is 14.9. The first kappa shape index (κ1) is 29.0. The fourth-order valence-electron chi connectivity index (χ4n) is 4.23. The van der Waals surface area contributed by atoms with Crippen LogP contribution in [0.25, 0.3) is 5.69 Å². The molecule has 0 aliphatic carbocycles. The molecule has 0 bridgehead atoms. The molecule has 0 radical (unpaired) electrons. The lowest BCUT2D eigenvalue weighted by Crippen LogP contribution is -2.31. The topological polar surface area (TPSA) is 99.3 Å². The molecule has 0 saturated carbocycles. The third-order valence-corrected chi connectivity index (χ3v) is 8.60. The number of aryl methyl sites for hydroxylation is 3. The van der Waals surface area contributed by atoms with Crippen molar-refractivity contribution >= 4 is 33.0 Å². The largest absolute Gasteiger partial charge is 0.497 e. The minimum absolute atomic E-state index is 0.0686. The Kier molecular flexibility index (Phi) is 8.70. The van der Waals surface area contributed by atoms with Crippen molar-refractivity contribution in [2.24, 2.45) is 9.39 Å². The smallest absolute Gasteiger partial charge is 0.342 e. The van der Waals surface area contributed by atoms with Crippen molar-refractivity contribution < 1.29 is 22.7 Å². The van der Waals surface area contributed by atoms with Crippen LogP contribution in [-0.2, 0) is 14.8 Å². The van der Waals surface area contributed by atoms with Gasteiger partial charge in [-0.05, 0) is 82.1 Å². The second-order valence-electron chi connectivity index (χ2n) is 9.14. The molecule has 0 aliphatic heterocycles. The molecule has 4 aromatic rings. The first-order valence-electron chi connectivity index (χ1n) is 12.6. The number of para-hydroxylation sites is 1. The van der Waals surface area contributed by atoms with E-state index in [4.69, 9.17) is 14.5 Å². The predicted octanol–water partition coefficient (Wildman–Crippen LogP) is 5.48. The number of carbonyl (C=O) groups excluding carboxylic acids is 1. The number of aromatic nitrogens is 1. The van der Waals surface area contributed by atoms with Gasteiger partial charge in [0.1, 0.15) is 16.0 Å². The van der Waals surface area contributed by atoms with Crippen LogP contribution in [0.4, 0.5) is 5.69 Å². The van der Waals surface area contributed by atoms with E-state index in [9.17, 15) is 13.2 Å². The molecule has 0 unspecified atom stereocenters. The van der Waals surface area contributed by atoms with Crippen LogP contribution >= 0.6 is 11.3 Å². The van der Waals surface area contributed by atoms with E-state index in [0.717, 1.165) is 33.7 Å². The molecule has 0 N–H and O–H groups in total. The summed E-state index contributed by atoms with van der Waals surface area (Å²) in [5, 5.41) is 0. The Bertz CT molecular complexity index is 1780. The lowest BCUT2D eigenvalue weighted by molar-refractivity contribution is 0.0523. The van der Waals surface area contributed by atoms with E-state index in [1.54, 1.807) is 61.9 Å². The van der Waals surface area contributed by atoms with Gasteiger partial charge >= 0.3 is 5.97 Å². The van der Waals surface area contributed by atoms with Gasteiger partial charge < -0.3 is 9.47 Å². The Balaban J connectivity index is 2.16. The van der Waals surface area contributed by atoms with Gasteiger partial charge in [-0.2, -0.15) is 8.42 Å². The number of ether oxygens (including phenoxy) is 2. The van der Waals surface area contributed by atoms with E-state index in [1.807, 2.05) is 39.0 Å². The summed E-state index contributed by atoms with van der Waals surface area (Å²) in [6.45, 7) is 9.38. The minimum atomic E-state index is -4.10. The average Bonchev–Trinajstić information content (AvgIpc) is 2.90. The quantitative estimate of drug-likeness (QED) is 0.271. The van der Waals surface area contributed by atoms with Gasteiger partial charge in [0.25, 0.3) is 10.0 Å². The second kappa shape index (κ2) is 12.0. The molecule has 1 heterocycles. The van der Waals surface area contributed by atoms with E-state index in [0.29, 0.717) is 17.1 Å². The Labute approximate surface area is 238 Å². The number of nitrogens with zero attached hydrogens (tertiary/aromatic N) is 3. The molecule has 0 atom stereocenters. The van der Waals surface area contributed by atoms with E-state index >= 15 is 0 Å². The summed E-state index contributed by atoms with van der Waals surface area (Å²) < 4.78 is 44.0. The van der Waals surface area contributed by atoms with Crippen molar-refractivity contribution in [1.29, 1.82) is 0 Å². The van der Waals surface area contributed by atoms with Gasteiger partial charge in [0.2, 0.25) is 4.80 Å². The summed E-state index contributed by atoms with van der Waals surface area (Å²) in [5.41, 5.74) is 4.69. The van der Waals surface area contributed by atoms with Gasteiger partial charge in [0.05, 0.1) is 30.0 Å². The van der Waals surface area contributed by atoms with Gasteiger partial charge in [-0.3, -0.25) is 4.57 Å². The molecule has 10 heteroatoms. The van der Waals surface area contributed by atoms with Gasteiger partial charge in [0.15, 0.2) is 0 Å². The standard InChI is InChI=1S/C30H31N3O5S2/c1-7-38-29(34)26-22(5)33(27-20(3)9-8-10-21(27)4)30(32-40(35,36)25-17-11-19(2)12-18-25)39-28(26)31-23-13-15-24(37-6)16-14-23/h8-18H,7H2,1-6H3/b31-28?,32-30-. The van der Waals surface area contributed by atoms with Crippen molar-refractivity contribution in [3.8, 4) is 11.4 Å². The summed E-state index contributed by atoms with van der Waals surface area (Å²) >= 11 is 1.00. The van der Waals surface area contributed by atoms with Gasteiger partial charge in [0, 0.05) is 5.69 Å². The number of esters is 1. The zero-order valence-corrected chi connectivity index (χ0v) is 24.9. The summed E-state index contributed by atoms with van der Waals surface area (Å²) in [7, 11) is -2.53. The summed E-state index contributed by atoms with van der Waals surface area (Å²) in [5.74, 6) is 0.0988. The van der Waals surface area contributed by atoms with Crippen molar-refractivity contribution in [2.45, 2.75) is 39.5 Å². The van der Waals surface area contributed by atoms with E-state index < -0.39 is 16.0 Å². The van der Waals surface area contributed by atoms with Crippen LogP contribution in [0.15, 0.2) is 81.0 Å². The Morgan fingerprint density at radius 2 is 1.55 bits per heavy atom. The lowest BCUT2D eigenvalue weighted by atomic mass is 10.1. The van der Waals surface area contributed by atoms with Gasteiger partial charge in [-0.15, -0.1) is 4.40 Å². The van der Waals surface area contributed by atoms with Crippen molar-refractivity contribution in [3.05, 3.63) is 104 Å². The molecule has 0 amide bonds. The van der Waals surface area contributed by atoms with Gasteiger partial charge in [-0.25, -0.2) is 9.79 Å². The summed E-state index contributed by atoms with van der Waals surface area (Å²) in [6.07, 6.45) is 0. The van der Waals surface area contributed by atoms with Crippen molar-refractivity contribution in [1.82, 2.24) is 4.57 Å². The number of hydrogen-bond donors (Lipinski definition) is 0. The van der Waals surface area contributed by atoms with Gasteiger partial charge in [-0.1, -0.05) is 47.2 Å². The molecule has 0 aliphatic rings. The van der Waals surface area contributed by atoms with Crippen molar-refractivity contribution in [3.63, 3.8) is 0 Å². The highest BCUT2D eigenvalue weighted by atomic mass is 32.2. The number of sulfonamides is 1. The van der Waals surface area contributed by atoms with Crippen molar-refractivity contribution in [2.75, 3.05) is 13.7 Å². The number of hydrogen-bond acceptors (Lipinski definition) is 7. The average molecular weight is 578 g/mol. The maximum Gasteiger partial charge on any atom is 0.342 e. The zero-order valence-electron chi connectivity index (χ0n) is 23.3. The van der Waals surface area contributed by atoms with Crippen LogP contribution < -0.4 is 14.2 Å². The molecule has 4 rings (SSSR count). The fraction of sp³-hybridized carbons (Fsp3) is 0.233. The number of methoxy groups -OCH3 is 1. The zero-order chi connectivity index (χ0) is 29.0. The summed E-state index contributed by atoms with van der Waals surface area (Å²) in [4.78, 5) is 18.3. The molecular weight excluding hydrogens is 546 g/mol. The second-order valence-corrected chi connectivity index (χ2v) is 11.7. The monoisotopic (exact) mass is 577 g/mol. The van der Waals surface area contributed by atoms with E-state index in [1.165, 1.54) is 12.1 Å². The third-order valence-electron chi connectivity index (χ3n) is 6.25. The van der Waals surface area contributed by atoms with E-state index in [-0.39, 0.29) is 26.5 Å². The molecule has 8 nitrogen and oxygen atoms in total. The fourth-order valence-corrected chi connectivity index (χ4v) is 6.52. The molecular formula is C30H31N3O5S2. The maximum absolute atomic E-state index is 13.5. The number of rotatable bonds is 7. The van der Waals surface area contributed by atoms with Crippen LogP contribution in [0.1, 0.15) is 39.7 Å². The Morgan fingerprint density at radius 1 is 0.925 bits per heavy atom. The first-order chi connectivity index (χ1) is 19.1. The third kappa shape index (κ3) is 6.08. The maximum atomic E-state index is 13.5. The molecule has 1 aromatic heterocycles. The molecule has 0 saturated heterocycles. The lowest BCUT2D eigenvalue weighted by Gasteiger charge is -2.19. The molecule has 0 spiro atoms. The summed E-state index contributed by atoms with van der Waals surface area (Å²) in [6, 6.07) is 19.3. The number of carbonyl (C=O) groups is 1. The molecule has 0 fully saturated rings. The highest BCUT2D eigenvalue weighted by Gasteiger charge is 2.22. The minimum Gasteiger partial charge on any atom is -0.497 e. The molecule has 3 aromatic carbocycles. The predicted molar refractivity (Wildman–Crippen MR) is 156 cm³/mol. The molecule has 208 valence electrons. The highest BCUT2D eigenvalue weighted by Crippen LogP contribution is 2.22. The van der Waals surface area contributed by atoms with Crippen LogP contribution in [0.3, 0.4) is 0 Å². The normalized spacial score (nSPS) is 12.4. The molecule has 40 heavy (non-hydrogen) atoms. The van der Waals surface area contributed by atoms with Crippen LogP contribution in [0.2, 0.25) is 0 Å².